The van der Waals surface area contributed by atoms with Crippen molar-refractivity contribution >= 4 is 5.78 Å². The Balaban J connectivity index is 2.16. The van der Waals surface area contributed by atoms with E-state index in [1.165, 1.54) is 44.9 Å². The Morgan fingerprint density at radius 3 is 2.23 bits per heavy atom. The highest BCUT2D eigenvalue weighted by molar-refractivity contribution is 5.79. The van der Waals surface area contributed by atoms with Crippen LogP contribution in [0.25, 0.3) is 0 Å². The molecular weight excluding hydrogens is 376 g/mol. The van der Waals surface area contributed by atoms with Crippen molar-refractivity contribution in [3.05, 3.63) is 23.8 Å². The summed E-state index contributed by atoms with van der Waals surface area (Å²) in [5.41, 5.74) is 0.973. The summed E-state index contributed by atoms with van der Waals surface area (Å²) in [7, 11) is 0. The first kappa shape index (κ1) is 26.5. The first-order valence-electron chi connectivity index (χ1n) is 12.2. The average molecular weight is 421 g/mol. The molecule has 0 aliphatic carbocycles. The van der Waals surface area contributed by atoms with E-state index in [9.17, 15) is 15.0 Å². The summed E-state index contributed by atoms with van der Waals surface area (Å²) < 4.78 is 5.61. The van der Waals surface area contributed by atoms with Gasteiger partial charge >= 0.3 is 0 Å². The second-order valence-corrected chi connectivity index (χ2v) is 8.52. The van der Waals surface area contributed by atoms with Gasteiger partial charge in [-0.25, -0.2) is 0 Å². The number of phenols is 1. The van der Waals surface area contributed by atoms with Gasteiger partial charge in [0.2, 0.25) is 0 Å². The number of aryl methyl sites for hydroxylation is 1. The number of ether oxygens (including phenoxy) is 1. The number of hydrogen-bond donors (Lipinski definition) is 2. The lowest BCUT2D eigenvalue weighted by Crippen LogP contribution is -2.14. The standard InChI is InChI=1S/C26H44O4/c1-3-5-7-8-9-10-11-12-13-14-23(27)21-24(28)17-15-22-16-18-25(29)26(20-22)30-19-6-4-2/h16,18,20,23,27,29H,3-15,17,19,21H2,1-2H3. The third kappa shape index (κ3) is 12.9. The Morgan fingerprint density at radius 1 is 0.933 bits per heavy atom. The molecule has 4 heteroatoms. The van der Waals surface area contributed by atoms with E-state index in [1.54, 1.807) is 6.07 Å². The molecule has 172 valence electrons. The van der Waals surface area contributed by atoms with Crippen LogP contribution in [0.1, 0.15) is 109 Å². The van der Waals surface area contributed by atoms with Crippen molar-refractivity contribution < 1.29 is 19.7 Å². The molecule has 0 bridgehead atoms. The number of aromatic hydroxyl groups is 1. The van der Waals surface area contributed by atoms with Crippen LogP contribution in [0.3, 0.4) is 0 Å². The van der Waals surface area contributed by atoms with Gasteiger partial charge in [0.1, 0.15) is 5.78 Å². The van der Waals surface area contributed by atoms with E-state index in [4.69, 9.17) is 4.74 Å². The molecule has 0 heterocycles. The number of rotatable bonds is 19. The summed E-state index contributed by atoms with van der Waals surface area (Å²) in [6, 6.07) is 5.27. The average Bonchev–Trinajstić information content (AvgIpc) is 2.73. The molecule has 0 aromatic heterocycles. The smallest absolute Gasteiger partial charge is 0.161 e. The van der Waals surface area contributed by atoms with E-state index in [-0.39, 0.29) is 18.0 Å². The first-order chi connectivity index (χ1) is 14.6. The fourth-order valence-corrected chi connectivity index (χ4v) is 3.60. The lowest BCUT2D eigenvalue weighted by atomic mass is 10.00. The van der Waals surface area contributed by atoms with Gasteiger partial charge in [-0.1, -0.05) is 84.1 Å². The molecule has 0 fully saturated rings. The molecule has 1 unspecified atom stereocenters. The number of carbonyl (C=O) groups is 1. The summed E-state index contributed by atoms with van der Waals surface area (Å²) in [6.07, 6.45) is 14.8. The van der Waals surface area contributed by atoms with E-state index in [1.807, 2.05) is 12.1 Å². The van der Waals surface area contributed by atoms with Crippen LogP contribution < -0.4 is 4.74 Å². The fourth-order valence-electron chi connectivity index (χ4n) is 3.60. The number of ketones is 1. The van der Waals surface area contributed by atoms with Gasteiger partial charge in [-0.3, -0.25) is 4.79 Å². The van der Waals surface area contributed by atoms with Crippen LogP contribution in [0, 0.1) is 0 Å². The molecule has 0 radical (unpaired) electrons. The molecule has 0 saturated heterocycles. The molecule has 1 aromatic carbocycles. The van der Waals surface area contributed by atoms with Gasteiger partial charge < -0.3 is 14.9 Å². The van der Waals surface area contributed by atoms with E-state index in [2.05, 4.69) is 13.8 Å². The monoisotopic (exact) mass is 420 g/mol. The summed E-state index contributed by atoms with van der Waals surface area (Å²) >= 11 is 0. The second-order valence-electron chi connectivity index (χ2n) is 8.52. The third-order valence-corrected chi connectivity index (χ3v) is 5.58. The Hall–Kier alpha value is -1.55. The van der Waals surface area contributed by atoms with Crippen molar-refractivity contribution in [3.8, 4) is 11.5 Å². The molecule has 0 spiro atoms. The van der Waals surface area contributed by atoms with Gasteiger partial charge in [0.25, 0.3) is 0 Å². The normalized spacial score (nSPS) is 12.1. The minimum atomic E-state index is -0.519. The zero-order valence-corrected chi connectivity index (χ0v) is 19.3. The molecule has 30 heavy (non-hydrogen) atoms. The summed E-state index contributed by atoms with van der Waals surface area (Å²) in [6.45, 7) is 4.91. The highest BCUT2D eigenvalue weighted by atomic mass is 16.5. The first-order valence-corrected chi connectivity index (χ1v) is 12.2. The van der Waals surface area contributed by atoms with E-state index in [0.29, 0.717) is 25.2 Å². The van der Waals surface area contributed by atoms with E-state index < -0.39 is 6.10 Å². The van der Waals surface area contributed by atoms with Crippen LogP contribution in [-0.4, -0.2) is 28.7 Å². The van der Waals surface area contributed by atoms with Crippen LogP contribution in [0.4, 0.5) is 0 Å². The Morgan fingerprint density at radius 2 is 1.57 bits per heavy atom. The molecule has 0 amide bonds. The lowest BCUT2D eigenvalue weighted by Gasteiger charge is -2.11. The maximum absolute atomic E-state index is 12.2. The Kier molecular flexibility index (Phi) is 15.2. The highest BCUT2D eigenvalue weighted by Gasteiger charge is 2.12. The van der Waals surface area contributed by atoms with Crippen LogP contribution in [0.2, 0.25) is 0 Å². The number of hydrogen-bond acceptors (Lipinski definition) is 4. The predicted octanol–water partition coefficient (Wildman–Crippen LogP) is 6.74. The van der Waals surface area contributed by atoms with Gasteiger partial charge in [0, 0.05) is 12.8 Å². The van der Waals surface area contributed by atoms with Crippen molar-refractivity contribution in [3.63, 3.8) is 0 Å². The van der Waals surface area contributed by atoms with Crippen LogP contribution in [0.5, 0.6) is 11.5 Å². The zero-order valence-electron chi connectivity index (χ0n) is 19.3. The van der Waals surface area contributed by atoms with Crippen LogP contribution in [-0.2, 0) is 11.2 Å². The Bertz CT molecular complexity index is 570. The minimum Gasteiger partial charge on any atom is -0.504 e. The molecule has 4 nitrogen and oxygen atoms in total. The van der Waals surface area contributed by atoms with Crippen LogP contribution in [0.15, 0.2) is 18.2 Å². The van der Waals surface area contributed by atoms with E-state index >= 15 is 0 Å². The second kappa shape index (κ2) is 17.2. The molecule has 0 saturated carbocycles. The summed E-state index contributed by atoms with van der Waals surface area (Å²) in [5, 5.41) is 20.0. The topological polar surface area (TPSA) is 66.8 Å². The third-order valence-electron chi connectivity index (χ3n) is 5.58. The lowest BCUT2D eigenvalue weighted by molar-refractivity contribution is -0.121. The van der Waals surface area contributed by atoms with Crippen LogP contribution >= 0.6 is 0 Å². The molecule has 1 atom stereocenters. The quantitative estimate of drug-likeness (QED) is 0.243. The molecule has 1 rings (SSSR count). The Labute approximate surface area is 184 Å². The molecular formula is C26H44O4. The van der Waals surface area contributed by atoms with Gasteiger partial charge in [0.05, 0.1) is 12.7 Å². The minimum absolute atomic E-state index is 0.0972. The van der Waals surface area contributed by atoms with Crippen molar-refractivity contribution in [2.24, 2.45) is 0 Å². The number of unbranched alkanes of at least 4 members (excludes halogenated alkanes) is 9. The summed E-state index contributed by atoms with van der Waals surface area (Å²) in [4.78, 5) is 12.2. The van der Waals surface area contributed by atoms with Gasteiger partial charge in [-0.05, 0) is 37.0 Å². The van der Waals surface area contributed by atoms with Gasteiger partial charge in [-0.15, -0.1) is 0 Å². The summed E-state index contributed by atoms with van der Waals surface area (Å²) in [5.74, 6) is 0.719. The number of Topliss-reactive ketones (excluding diaryl/α,β-unsaturated/α-hetero) is 1. The van der Waals surface area contributed by atoms with Gasteiger partial charge in [0.15, 0.2) is 11.5 Å². The molecule has 2 N–H and O–H groups in total. The number of aliphatic hydroxyl groups is 1. The van der Waals surface area contributed by atoms with Gasteiger partial charge in [-0.2, -0.15) is 0 Å². The van der Waals surface area contributed by atoms with Crippen molar-refractivity contribution in [1.29, 1.82) is 0 Å². The fraction of sp³-hybridized carbons (Fsp3) is 0.731. The highest BCUT2D eigenvalue weighted by Crippen LogP contribution is 2.27. The van der Waals surface area contributed by atoms with Crippen molar-refractivity contribution in [2.75, 3.05) is 6.61 Å². The number of benzene rings is 1. The number of phenolic OH excluding ortho intramolecular Hbond substituents is 1. The zero-order chi connectivity index (χ0) is 22.0. The SMILES string of the molecule is CCCCCCCCCCCC(O)CC(=O)CCc1ccc(O)c(OCCCC)c1. The maximum Gasteiger partial charge on any atom is 0.161 e. The molecule has 0 aliphatic rings. The molecule has 1 aromatic rings. The molecule has 0 aliphatic heterocycles. The van der Waals surface area contributed by atoms with Crippen molar-refractivity contribution in [1.82, 2.24) is 0 Å². The number of carbonyl (C=O) groups excluding carboxylic acids is 1. The van der Waals surface area contributed by atoms with Crippen molar-refractivity contribution in [2.45, 2.75) is 116 Å². The van der Waals surface area contributed by atoms with E-state index in [0.717, 1.165) is 37.7 Å². The predicted molar refractivity (Wildman–Crippen MR) is 124 cm³/mol. The number of aliphatic hydroxyl groups excluding tert-OH is 1. The largest absolute Gasteiger partial charge is 0.504 e. The maximum atomic E-state index is 12.2.